The Kier molecular flexibility index (Phi) is 2.80. The van der Waals surface area contributed by atoms with E-state index >= 15 is 0 Å². The van der Waals surface area contributed by atoms with Gasteiger partial charge in [-0.2, -0.15) is 0 Å². The second kappa shape index (κ2) is 3.85. The van der Waals surface area contributed by atoms with E-state index < -0.39 is 11.8 Å². The minimum atomic E-state index is -1.25. The number of benzene rings is 1. The summed E-state index contributed by atoms with van der Waals surface area (Å²) in [6.45, 7) is 3.46. The van der Waals surface area contributed by atoms with Crippen LogP contribution in [0.25, 0.3) is 0 Å². The molecular formula is C10H9FO2. The van der Waals surface area contributed by atoms with Gasteiger partial charge in [0.05, 0.1) is 5.56 Å². The standard InChI is InChI=1S/C10H9FO2/c1-2-4-7-5-3-6-8(9(7)11)10(12)13/h2-3,5-6H,1,4H2,(H,12,13). The van der Waals surface area contributed by atoms with Crippen molar-refractivity contribution in [2.24, 2.45) is 0 Å². The van der Waals surface area contributed by atoms with E-state index in [4.69, 9.17) is 5.11 Å². The molecule has 0 heterocycles. The average Bonchev–Trinajstić information content (AvgIpc) is 2.08. The third kappa shape index (κ3) is 1.93. The van der Waals surface area contributed by atoms with E-state index in [1.807, 2.05) is 0 Å². The summed E-state index contributed by atoms with van der Waals surface area (Å²) < 4.78 is 13.3. The molecule has 0 saturated carbocycles. The van der Waals surface area contributed by atoms with Crippen LogP contribution in [-0.4, -0.2) is 11.1 Å². The van der Waals surface area contributed by atoms with Gasteiger partial charge in [0.15, 0.2) is 0 Å². The summed E-state index contributed by atoms with van der Waals surface area (Å²) >= 11 is 0. The van der Waals surface area contributed by atoms with Crippen LogP contribution in [0.4, 0.5) is 4.39 Å². The highest BCUT2D eigenvalue weighted by atomic mass is 19.1. The average molecular weight is 180 g/mol. The van der Waals surface area contributed by atoms with Gasteiger partial charge in [-0.25, -0.2) is 9.18 Å². The van der Waals surface area contributed by atoms with Gasteiger partial charge < -0.3 is 5.11 Å². The van der Waals surface area contributed by atoms with Gasteiger partial charge in [-0.05, 0) is 18.1 Å². The maximum atomic E-state index is 13.3. The number of hydrogen-bond acceptors (Lipinski definition) is 1. The van der Waals surface area contributed by atoms with Gasteiger partial charge in [0.2, 0.25) is 0 Å². The molecule has 0 aliphatic carbocycles. The monoisotopic (exact) mass is 180 g/mol. The number of aromatic carboxylic acids is 1. The summed E-state index contributed by atoms with van der Waals surface area (Å²) in [5.74, 6) is -1.92. The van der Waals surface area contributed by atoms with Gasteiger partial charge >= 0.3 is 5.97 Å². The van der Waals surface area contributed by atoms with E-state index in [1.54, 1.807) is 6.07 Å². The Morgan fingerprint density at radius 2 is 2.31 bits per heavy atom. The highest BCUT2D eigenvalue weighted by molar-refractivity contribution is 5.88. The summed E-state index contributed by atoms with van der Waals surface area (Å²) in [4.78, 5) is 10.5. The van der Waals surface area contributed by atoms with E-state index in [-0.39, 0.29) is 5.56 Å². The van der Waals surface area contributed by atoms with Gasteiger partial charge in [-0.3, -0.25) is 0 Å². The molecule has 0 aliphatic heterocycles. The number of allylic oxidation sites excluding steroid dienone is 1. The van der Waals surface area contributed by atoms with Crippen LogP contribution in [0.3, 0.4) is 0 Å². The van der Waals surface area contributed by atoms with Gasteiger partial charge in [0.1, 0.15) is 5.82 Å². The van der Waals surface area contributed by atoms with Crippen LogP contribution in [-0.2, 0) is 6.42 Å². The summed E-state index contributed by atoms with van der Waals surface area (Å²) in [6.07, 6.45) is 1.87. The molecule has 0 fully saturated rings. The van der Waals surface area contributed by atoms with Crippen molar-refractivity contribution < 1.29 is 14.3 Å². The van der Waals surface area contributed by atoms with Crippen LogP contribution >= 0.6 is 0 Å². The van der Waals surface area contributed by atoms with Gasteiger partial charge in [0.25, 0.3) is 0 Å². The molecule has 0 atom stereocenters. The molecule has 2 nitrogen and oxygen atoms in total. The molecule has 0 spiro atoms. The Morgan fingerprint density at radius 3 is 2.85 bits per heavy atom. The molecule has 1 rings (SSSR count). The third-order valence-corrected chi connectivity index (χ3v) is 1.67. The van der Waals surface area contributed by atoms with Crippen LogP contribution < -0.4 is 0 Å². The molecule has 1 aromatic rings. The van der Waals surface area contributed by atoms with Gasteiger partial charge in [-0.1, -0.05) is 18.2 Å². The number of halogens is 1. The zero-order valence-electron chi connectivity index (χ0n) is 6.96. The predicted molar refractivity (Wildman–Crippen MR) is 47.3 cm³/mol. The summed E-state index contributed by atoms with van der Waals surface area (Å²) in [5, 5.41) is 8.59. The van der Waals surface area contributed by atoms with E-state index in [0.29, 0.717) is 12.0 Å². The molecule has 0 aromatic heterocycles. The number of rotatable bonds is 3. The van der Waals surface area contributed by atoms with Crippen LogP contribution in [0.15, 0.2) is 30.9 Å². The highest BCUT2D eigenvalue weighted by Crippen LogP contribution is 2.13. The Morgan fingerprint density at radius 1 is 1.62 bits per heavy atom. The lowest BCUT2D eigenvalue weighted by Crippen LogP contribution is -2.02. The molecule has 0 unspecified atom stereocenters. The Balaban J connectivity index is 3.17. The fraction of sp³-hybridized carbons (Fsp3) is 0.100. The molecule has 0 radical (unpaired) electrons. The van der Waals surface area contributed by atoms with Crippen LogP contribution in [0.2, 0.25) is 0 Å². The summed E-state index contributed by atoms with van der Waals surface area (Å²) in [5.41, 5.74) is 0.0641. The number of carbonyl (C=O) groups is 1. The SMILES string of the molecule is C=CCc1cccc(C(=O)O)c1F. The van der Waals surface area contributed by atoms with Crippen molar-refractivity contribution in [1.82, 2.24) is 0 Å². The molecule has 1 aromatic carbocycles. The topological polar surface area (TPSA) is 37.3 Å². The normalized spacial score (nSPS) is 9.62. The number of carboxylic acid groups (broad SMARTS) is 1. The van der Waals surface area contributed by atoms with E-state index in [2.05, 4.69) is 6.58 Å². The zero-order chi connectivity index (χ0) is 9.84. The van der Waals surface area contributed by atoms with Crippen molar-refractivity contribution >= 4 is 5.97 Å². The van der Waals surface area contributed by atoms with Crippen LogP contribution in [0.5, 0.6) is 0 Å². The number of carboxylic acids is 1. The molecule has 3 heteroatoms. The van der Waals surface area contributed by atoms with E-state index in [9.17, 15) is 9.18 Å². The van der Waals surface area contributed by atoms with Crippen molar-refractivity contribution in [2.75, 3.05) is 0 Å². The second-order valence-electron chi connectivity index (χ2n) is 2.58. The first-order valence-corrected chi connectivity index (χ1v) is 3.78. The molecule has 68 valence electrons. The maximum absolute atomic E-state index is 13.3. The van der Waals surface area contributed by atoms with Crippen molar-refractivity contribution in [3.05, 3.63) is 47.8 Å². The van der Waals surface area contributed by atoms with Crippen molar-refractivity contribution in [3.63, 3.8) is 0 Å². The van der Waals surface area contributed by atoms with Gasteiger partial charge in [0, 0.05) is 0 Å². The number of hydrogen-bond donors (Lipinski definition) is 1. The van der Waals surface area contributed by atoms with Crippen molar-refractivity contribution in [2.45, 2.75) is 6.42 Å². The van der Waals surface area contributed by atoms with Gasteiger partial charge in [-0.15, -0.1) is 6.58 Å². The van der Waals surface area contributed by atoms with E-state index in [0.717, 1.165) is 0 Å². The lowest BCUT2D eigenvalue weighted by Gasteiger charge is -2.01. The molecule has 0 amide bonds. The highest BCUT2D eigenvalue weighted by Gasteiger charge is 2.12. The minimum absolute atomic E-state index is 0.292. The third-order valence-electron chi connectivity index (χ3n) is 1.67. The first-order chi connectivity index (χ1) is 6.16. The molecular weight excluding hydrogens is 171 g/mol. The first-order valence-electron chi connectivity index (χ1n) is 3.78. The maximum Gasteiger partial charge on any atom is 0.338 e. The fourth-order valence-electron chi connectivity index (χ4n) is 1.06. The second-order valence-corrected chi connectivity index (χ2v) is 2.58. The molecule has 0 aliphatic rings. The lowest BCUT2D eigenvalue weighted by atomic mass is 10.1. The molecule has 1 N–H and O–H groups in total. The largest absolute Gasteiger partial charge is 0.478 e. The lowest BCUT2D eigenvalue weighted by molar-refractivity contribution is 0.0691. The molecule has 0 saturated heterocycles. The van der Waals surface area contributed by atoms with E-state index in [1.165, 1.54) is 18.2 Å². The molecule has 0 bridgehead atoms. The van der Waals surface area contributed by atoms with Crippen molar-refractivity contribution in [3.8, 4) is 0 Å². The quantitative estimate of drug-likeness (QED) is 0.724. The zero-order valence-corrected chi connectivity index (χ0v) is 6.96. The van der Waals surface area contributed by atoms with Crippen LogP contribution in [0.1, 0.15) is 15.9 Å². The Hall–Kier alpha value is -1.64. The Bertz CT molecular complexity index is 345. The summed E-state index contributed by atoms with van der Waals surface area (Å²) in [7, 11) is 0. The van der Waals surface area contributed by atoms with Crippen LogP contribution in [0, 0.1) is 5.82 Å². The Labute approximate surface area is 75.3 Å². The molecule has 13 heavy (non-hydrogen) atoms. The smallest absolute Gasteiger partial charge is 0.338 e. The van der Waals surface area contributed by atoms with Crippen molar-refractivity contribution in [1.29, 1.82) is 0 Å². The fourth-order valence-corrected chi connectivity index (χ4v) is 1.06. The minimum Gasteiger partial charge on any atom is -0.478 e. The first kappa shape index (κ1) is 9.45. The summed E-state index contributed by atoms with van der Waals surface area (Å²) in [6, 6.07) is 4.30. The predicted octanol–water partition coefficient (Wildman–Crippen LogP) is 2.25.